The van der Waals surface area contributed by atoms with Crippen LogP contribution >= 0.6 is 0 Å². The van der Waals surface area contributed by atoms with Crippen molar-refractivity contribution in [3.05, 3.63) is 28.8 Å². The summed E-state index contributed by atoms with van der Waals surface area (Å²) in [6.07, 6.45) is 2.39. The third-order valence-corrected chi connectivity index (χ3v) is 4.55. The molecule has 0 saturated carbocycles. The van der Waals surface area contributed by atoms with Gasteiger partial charge in [-0.15, -0.1) is 0 Å². The molecule has 0 bridgehead atoms. The van der Waals surface area contributed by atoms with E-state index in [0.717, 1.165) is 25.4 Å². The van der Waals surface area contributed by atoms with Crippen LogP contribution in [0.2, 0.25) is 0 Å². The number of aryl methyl sites for hydroxylation is 2. The highest BCUT2D eigenvalue weighted by molar-refractivity contribution is 5.76. The topological polar surface area (TPSA) is 38.8 Å². The quantitative estimate of drug-likeness (QED) is 0.774. The Bertz CT molecular complexity index is 518. The van der Waals surface area contributed by atoms with Gasteiger partial charge in [-0.2, -0.15) is 0 Å². The lowest BCUT2D eigenvalue weighted by Gasteiger charge is -2.33. The fourth-order valence-corrected chi connectivity index (χ4v) is 3.34. The Morgan fingerprint density at radius 3 is 2.61 bits per heavy atom. The van der Waals surface area contributed by atoms with Gasteiger partial charge in [-0.1, -0.05) is 0 Å². The van der Waals surface area contributed by atoms with Crippen LogP contribution in [0, 0.1) is 19.8 Å². The first-order valence-electron chi connectivity index (χ1n) is 8.43. The number of nitrogens with zero attached hydrogens (tertiary/aromatic N) is 1. The van der Waals surface area contributed by atoms with Crippen molar-refractivity contribution in [3.63, 3.8) is 0 Å². The highest BCUT2D eigenvalue weighted by Gasteiger charge is 2.21. The summed E-state index contributed by atoms with van der Waals surface area (Å²) in [6, 6.07) is 4.22. The fraction of sp³-hybridized carbons (Fsp3) is 0.632. The molecule has 0 aliphatic carbocycles. The first-order chi connectivity index (χ1) is 11.0. The Balaban J connectivity index is 1.93. The van der Waals surface area contributed by atoms with Gasteiger partial charge in [0, 0.05) is 13.1 Å². The van der Waals surface area contributed by atoms with Crippen molar-refractivity contribution in [2.24, 2.45) is 5.92 Å². The van der Waals surface area contributed by atoms with Crippen LogP contribution in [0.15, 0.2) is 12.1 Å². The normalized spacial score (nSPS) is 18.9. The lowest BCUT2D eigenvalue weighted by molar-refractivity contribution is -0.122. The molecular weight excluding hydrogens is 290 g/mol. The molecule has 2 rings (SSSR count). The van der Waals surface area contributed by atoms with Crippen LogP contribution in [-0.2, 0) is 16.1 Å². The van der Waals surface area contributed by atoms with Crippen molar-refractivity contribution >= 4 is 5.78 Å². The third kappa shape index (κ3) is 5.33. The van der Waals surface area contributed by atoms with Gasteiger partial charge in [-0.05, 0) is 74.9 Å². The molecule has 0 amide bonds. The van der Waals surface area contributed by atoms with Crippen LogP contribution in [0.4, 0.5) is 0 Å². The van der Waals surface area contributed by atoms with Gasteiger partial charge in [-0.3, -0.25) is 9.69 Å². The van der Waals surface area contributed by atoms with E-state index in [9.17, 15) is 4.79 Å². The molecule has 1 aliphatic heterocycles. The second-order valence-electron chi connectivity index (χ2n) is 6.70. The molecule has 1 atom stereocenters. The highest BCUT2D eigenvalue weighted by atomic mass is 16.5. The first kappa shape index (κ1) is 18.0. The average molecular weight is 319 g/mol. The zero-order chi connectivity index (χ0) is 16.8. The van der Waals surface area contributed by atoms with Gasteiger partial charge in [0.2, 0.25) is 0 Å². The van der Waals surface area contributed by atoms with Crippen LogP contribution in [0.1, 0.15) is 36.5 Å². The zero-order valence-electron chi connectivity index (χ0n) is 14.9. The molecule has 1 aromatic rings. The molecule has 1 fully saturated rings. The van der Waals surface area contributed by atoms with E-state index in [-0.39, 0.29) is 12.4 Å². The SMILES string of the molecule is COc1cc(C)c(CN2CCCC(COCC(C)=O)C2)c(C)c1. The summed E-state index contributed by atoms with van der Waals surface area (Å²) in [6.45, 7) is 9.97. The van der Waals surface area contributed by atoms with Crippen molar-refractivity contribution in [3.8, 4) is 5.75 Å². The molecule has 4 heteroatoms. The standard InChI is InChI=1S/C19H29NO3/c1-14-8-18(22-4)9-15(2)19(14)11-20-7-5-6-17(10-20)13-23-12-16(3)21/h8-9,17H,5-7,10-13H2,1-4H3. The van der Waals surface area contributed by atoms with E-state index in [1.807, 2.05) is 0 Å². The maximum absolute atomic E-state index is 11.0. The monoisotopic (exact) mass is 319 g/mol. The molecule has 1 saturated heterocycles. The number of likely N-dealkylation sites (tertiary alicyclic amines) is 1. The van der Waals surface area contributed by atoms with Crippen molar-refractivity contribution in [1.29, 1.82) is 0 Å². The summed E-state index contributed by atoms with van der Waals surface area (Å²) in [4.78, 5) is 13.5. The Kier molecular flexibility index (Phi) is 6.60. The van der Waals surface area contributed by atoms with Crippen LogP contribution < -0.4 is 4.74 Å². The second-order valence-corrected chi connectivity index (χ2v) is 6.70. The van der Waals surface area contributed by atoms with Gasteiger partial charge < -0.3 is 9.47 Å². The van der Waals surface area contributed by atoms with E-state index in [1.54, 1.807) is 14.0 Å². The van der Waals surface area contributed by atoms with Crippen LogP contribution in [0.3, 0.4) is 0 Å². The molecule has 1 heterocycles. The second kappa shape index (κ2) is 8.46. The van der Waals surface area contributed by atoms with E-state index in [4.69, 9.17) is 9.47 Å². The number of ether oxygens (including phenoxy) is 2. The van der Waals surface area contributed by atoms with Crippen molar-refractivity contribution in [2.45, 2.75) is 40.2 Å². The van der Waals surface area contributed by atoms with E-state index >= 15 is 0 Å². The number of carbonyl (C=O) groups excluding carboxylic acids is 1. The Morgan fingerprint density at radius 1 is 1.30 bits per heavy atom. The number of hydrogen-bond acceptors (Lipinski definition) is 4. The van der Waals surface area contributed by atoms with Gasteiger partial charge >= 0.3 is 0 Å². The fourth-order valence-electron chi connectivity index (χ4n) is 3.34. The summed E-state index contributed by atoms with van der Waals surface area (Å²) in [5.41, 5.74) is 3.98. The maximum atomic E-state index is 11.0. The molecule has 23 heavy (non-hydrogen) atoms. The Labute approximate surface area is 139 Å². The summed E-state index contributed by atoms with van der Waals surface area (Å²) < 4.78 is 10.9. The predicted octanol–water partition coefficient (Wildman–Crippen LogP) is 3.13. The summed E-state index contributed by atoms with van der Waals surface area (Å²) >= 11 is 0. The van der Waals surface area contributed by atoms with E-state index in [1.165, 1.54) is 29.5 Å². The largest absolute Gasteiger partial charge is 0.497 e. The van der Waals surface area contributed by atoms with Gasteiger partial charge in [-0.25, -0.2) is 0 Å². The Hall–Kier alpha value is -1.39. The number of benzene rings is 1. The molecule has 0 spiro atoms. The molecule has 0 aromatic heterocycles. The van der Waals surface area contributed by atoms with E-state index < -0.39 is 0 Å². The third-order valence-electron chi connectivity index (χ3n) is 4.55. The minimum Gasteiger partial charge on any atom is -0.497 e. The number of Topliss-reactive ketones (excluding diaryl/α,β-unsaturated/α-hetero) is 1. The number of rotatable bonds is 7. The highest BCUT2D eigenvalue weighted by Crippen LogP contribution is 2.25. The lowest BCUT2D eigenvalue weighted by atomic mass is 9.96. The summed E-state index contributed by atoms with van der Waals surface area (Å²) in [5, 5.41) is 0. The Morgan fingerprint density at radius 2 is 2.00 bits per heavy atom. The number of carbonyl (C=O) groups is 1. The van der Waals surface area contributed by atoms with Crippen molar-refractivity contribution in [1.82, 2.24) is 4.90 Å². The number of methoxy groups -OCH3 is 1. The molecule has 1 aliphatic rings. The average Bonchev–Trinajstić information content (AvgIpc) is 2.50. The maximum Gasteiger partial charge on any atom is 0.155 e. The van der Waals surface area contributed by atoms with Gasteiger partial charge in [0.05, 0.1) is 13.7 Å². The number of hydrogen-bond donors (Lipinski definition) is 0. The molecule has 1 aromatic carbocycles. The molecule has 0 N–H and O–H groups in total. The van der Waals surface area contributed by atoms with E-state index in [0.29, 0.717) is 12.5 Å². The van der Waals surface area contributed by atoms with E-state index in [2.05, 4.69) is 30.9 Å². The molecule has 1 unspecified atom stereocenters. The zero-order valence-corrected chi connectivity index (χ0v) is 14.9. The lowest BCUT2D eigenvalue weighted by Crippen LogP contribution is -2.37. The first-order valence-corrected chi connectivity index (χ1v) is 8.43. The molecule has 0 radical (unpaired) electrons. The molecule has 4 nitrogen and oxygen atoms in total. The van der Waals surface area contributed by atoms with Crippen LogP contribution in [-0.4, -0.2) is 44.1 Å². The number of piperidine rings is 1. The summed E-state index contributed by atoms with van der Waals surface area (Å²) in [7, 11) is 1.71. The van der Waals surface area contributed by atoms with Crippen molar-refractivity contribution < 1.29 is 14.3 Å². The van der Waals surface area contributed by atoms with Crippen molar-refractivity contribution in [2.75, 3.05) is 33.4 Å². The van der Waals surface area contributed by atoms with Gasteiger partial charge in [0.25, 0.3) is 0 Å². The minimum absolute atomic E-state index is 0.0992. The van der Waals surface area contributed by atoms with Gasteiger partial charge in [0.15, 0.2) is 5.78 Å². The van der Waals surface area contributed by atoms with Crippen LogP contribution in [0.25, 0.3) is 0 Å². The number of ketones is 1. The minimum atomic E-state index is 0.0992. The summed E-state index contributed by atoms with van der Waals surface area (Å²) in [5.74, 6) is 1.56. The van der Waals surface area contributed by atoms with Crippen LogP contribution in [0.5, 0.6) is 5.75 Å². The predicted molar refractivity (Wildman–Crippen MR) is 92.0 cm³/mol. The molecular formula is C19H29NO3. The molecule has 128 valence electrons. The smallest absolute Gasteiger partial charge is 0.155 e. The van der Waals surface area contributed by atoms with Gasteiger partial charge in [0.1, 0.15) is 12.4 Å².